The number of benzene rings is 1. The zero-order chi connectivity index (χ0) is 14.3. The van der Waals surface area contributed by atoms with Crippen LogP contribution in [0.25, 0.3) is 0 Å². The molecule has 1 atom stereocenters. The average molecular weight is 295 g/mol. The highest BCUT2D eigenvalue weighted by Gasteiger charge is 2.20. The Labute approximate surface area is 123 Å². The molecule has 106 valence electrons. The monoisotopic (exact) mass is 294 g/mol. The van der Waals surface area contributed by atoms with E-state index in [1.54, 1.807) is 0 Å². The Morgan fingerprint density at radius 3 is 2.42 bits per heavy atom. The van der Waals surface area contributed by atoms with Gasteiger partial charge in [-0.15, -0.1) is 0 Å². The van der Waals surface area contributed by atoms with Gasteiger partial charge in [0.15, 0.2) is 0 Å². The fourth-order valence-corrected chi connectivity index (χ4v) is 4.85. The van der Waals surface area contributed by atoms with E-state index in [9.17, 15) is 5.11 Å². The van der Waals surface area contributed by atoms with Crippen LogP contribution in [0.3, 0.4) is 0 Å². The topological polar surface area (TPSA) is 20.2 Å². The fourth-order valence-electron chi connectivity index (χ4n) is 1.81. The summed E-state index contributed by atoms with van der Waals surface area (Å²) in [4.78, 5) is 1.29. The normalized spacial score (nSPS) is 14.5. The molecule has 0 saturated carbocycles. The van der Waals surface area contributed by atoms with Crippen molar-refractivity contribution in [1.82, 2.24) is 0 Å². The van der Waals surface area contributed by atoms with Gasteiger partial charge in [0.05, 0.1) is 14.2 Å². The Morgan fingerprint density at radius 1 is 1.26 bits per heavy atom. The van der Waals surface area contributed by atoms with Crippen molar-refractivity contribution in [3.63, 3.8) is 0 Å². The van der Waals surface area contributed by atoms with E-state index in [1.165, 1.54) is 9.42 Å². The molecule has 0 spiro atoms. The summed E-state index contributed by atoms with van der Waals surface area (Å²) in [6.07, 6.45) is 4.80. The first kappa shape index (κ1) is 16.5. The minimum atomic E-state index is -1.35. The van der Waals surface area contributed by atoms with Gasteiger partial charge in [0, 0.05) is 4.90 Å². The molecule has 0 aliphatic rings. The van der Waals surface area contributed by atoms with Crippen molar-refractivity contribution in [3.8, 4) is 0 Å². The predicted octanol–water partition coefficient (Wildman–Crippen LogP) is 5.09. The fraction of sp³-hybridized carbons (Fsp3) is 0.500. The summed E-state index contributed by atoms with van der Waals surface area (Å²) in [6, 6.07) is 10.5. The molecule has 1 rings (SSSR count). The quantitative estimate of drug-likeness (QED) is 0.558. The Morgan fingerprint density at radius 2 is 1.89 bits per heavy atom. The van der Waals surface area contributed by atoms with E-state index in [4.69, 9.17) is 0 Å². The maximum absolute atomic E-state index is 9.89. The van der Waals surface area contributed by atoms with Gasteiger partial charge >= 0.3 is 0 Å². The third-order valence-electron chi connectivity index (χ3n) is 2.91. The second-order valence-electron chi connectivity index (χ2n) is 5.91. The van der Waals surface area contributed by atoms with Crippen molar-refractivity contribution < 1.29 is 5.11 Å². The second-order valence-corrected chi connectivity index (χ2v) is 12.4. The molecule has 1 aromatic rings. The summed E-state index contributed by atoms with van der Waals surface area (Å²) >= 11 is 1.87. The van der Waals surface area contributed by atoms with Crippen LogP contribution < -0.4 is 0 Å². The van der Waals surface area contributed by atoms with Gasteiger partial charge in [0.1, 0.15) is 0 Å². The molecule has 1 nitrogen and oxygen atoms in total. The first-order chi connectivity index (χ1) is 8.93. The minimum absolute atomic E-state index is 0.187. The predicted molar refractivity (Wildman–Crippen MR) is 89.3 cm³/mol. The standard InChI is InChI=1S/C16H26OSSi/c1-5-9-14(17)12-13-16(19(2,3)4)18-15-10-7-6-8-11-15/h6-8,10-11,13-14,17H,5,9,12H2,1-4H3/b16-13-. The molecule has 1 unspecified atom stereocenters. The Hall–Kier alpha value is -0.513. The third kappa shape index (κ3) is 6.46. The highest BCUT2D eigenvalue weighted by Crippen LogP contribution is 2.33. The lowest BCUT2D eigenvalue weighted by atomic mass is 10.1. The molecule has 0 aromatic heterocycles. The smallest absolute Gasteiger partial charge is 0.0857 e. The van der Waals surface area contributed by atoms with Crippen LogP contribution in [0.15, 0.2) is 45.8 Å². The Balaban J connectivity index is 2.76. The first-order valence-corrected chi connectivity index (χ1v) is 11.4. The molecule has 19 heavy (non-hydrogen) atoms. The van der Waals surface area contributed by atoms with Crippen molar-refractivity contribution in [1.29, 1.82) is 0 Å². The molecule has 0 fully saturated rings. The van der Waals surface area contributed by atoms with Crippen molar-refractivity contribution in [2.24, 2.45) is 0 Å². The molecule has 0 radical (unpaired) electrons. The van der Waals surface area contributed by atoms with E-state index in [-0.39, 0.29) is 6.10 Å². The molecular weight excluding hydrogens is 268 g/mol. The molecule has 3 heteroatoms. The third-order valence-corrected chi connectivity index (χ3v) is 7.63. The molecule has 0 aliphatic carbocycles. The lowest BCUT2D eigenvalue weighted by Crippen LogP contribution is -2.22. The largest absolute Gasteiger partial charge is 0.393 e. The summed E-state index contributed by atoms with van der Waals surface area (Å²) in [5.41, 5.74) is 0. The van der Waals surface area contributed by atoms with Gasteiger partial charge in [0.2, 0.25) is 0 Å². The van der Waals surface area contributed by atoms with E-state index in [0.717, 1.165) is 19.3 Å². The molecule has 1 N–H and O–H groups in total. The summed E-state index contributed by atoms with van der Waals surface area (Å²) in [5.74, 6) is 0. The van der Waals surface area contributed by atoms with Crippen molar-refractivity contribution in [2.45, 2.75) is 56.8 Å². The highest BCUT2D eigenvalue weighted by atomic mass is 32.2. The highest BCUT2D eigenvalue weighted by molar-refractivity contribution is 8.05. The van der Waals surface area contributed by atoms with Crippen molar-refractivity contribution in [2.75, 3.05) is 0 Å². The van der Waals surface area contributed by atoms with Crippen LogP contribution in [0.2, 0.25) is 19.6 Å². The summed E-state index contributed by atoms with van der Waals surface area (Å²) in [5, 5.41) is 9.89. The lowest BCUT2D eigenvalue weighted by molar-refractivity contribution is 0.167. The van der Waals surface area contributed by atoms with Crippen LogP contribution in [0.1, 0.15) is 26.2 Å². The SMILES string of the molecule is CCCC(O)C/C=C(/Sc1ccccc1)[Si](C)(C)C. The molecule has 1 aromatic carbocycles. The molecule has 0 heterocycles. The van der Waals surface area contributed by atoms with Gasteiger partial charge in [-0.25, -0.2) is 0 Å². The van der Waals surface area contributed by atoms with Crippen LogP contribution in [0.4, 0.5) is 0 Å². The zero-order valence-corrected chi connectivity index (χ0v) is 14.3. The van der Waals surface area contributed by atoms with Gasteiger partial charge in [-0.3, -0.25) is 0 Å². The van der Waals surface area contributed by atoms with Crippen LogP contribution >= 0.6 is 11.8 Å². The second kappa shape index (κ2) is 7.93. The summed E-state index contributed by atoms with van der Waals surface area (Å²) < 4.78 is 1.47. The van der Waals surface area contributed by atoms with E-state index in [1.807, 2.05) is 17.8 Å². The summed E-state index contributed by atoms with van der Waals surface area (Å²) in [7, 11) is -1.35. The molecule has 0 amide bonds. The van der Waals surface area contributed by atoms with Gasteiger partial charge in [-0.1, -0.05) is 69.0 Å². The number of hydrogen-bond acceptors (Lipinski definition) is 2. The number of hydrogen-bond donors (Lipinski definition) is 1. The van der Waals surface area contributed by atoms with Crippen LogP contribution in [0.5, 0.6) is 0 Å². The minimum Gasteiger partial charge on any atom is -0.393 e. The van der Waals surface area contributed by atoms with Crippen LogP contribution in [-0.2, 0) is 0 Å². The maximum Gasteiger partial charge on any atom is 0.0857 e. The van der Waals surface area contributed by atoms with E-state index >= 15 is 0 Å². The number of thioether (sulfide) groups is 1. The van der Waals surface area contributed by atoms with Crippen molar-refractivity contribution >= 4 is 19.8 Å². The van der Waals surface area contributed by atoms with Gasteiger partial charge in [0.25, 0.3) is 0 Å². The maximum atomic E-state index is 9.89. The van der Waals surface area contributed by atoms with Crippen LogP contribution in [0, 0.1) is 0 Å². The summed E-state index contributed by atoms with van der Waals surface area (Å²) in [6.45, 7) is 9.20. The van der Waals surface area contributed by atoms with Gasteiger partial charge < -0.3 is 5.11 Å². The number of rotatable bonds is 7. The molecule has 0 bridgehead atoms. The first-order valence-electron chi connectivity index (χ1n) is 7.05. The van der Waals surface area contributed by atoms with E-state index in [0.29, 0.717) is 0 Å². The zero-order valence-electron chi connectivity index (χ0n) is 12.5. The molecule has 0 aliphatic heterocycles. The molecular formula is C16H26OSSi. The number of aliphatic hydroxyl groups excluding tert-OH is 1. The van der Waals surface area contributed by atoms with E-state index < -0.39 is 8.07 Å². The lowest BCUT2D eigenvalue weighted by Gasteiger charge is -2.21. The Kier molecular flexibility index (Phi) is 6.90. The molecule has 0 saturated heterocycles. The number of aliphatic hydroxyl groups is 1. The van der Waals surface area contributed by atoms with E-state index in [2.05, 4.69) is 56.9 Å². The Bertz CT molecular complexity index is 395. The van der Waals surface area contributed by atoms with Gasteiger partial charge in [-0.2, -0.15) is 0 Å². The van der Waals surface area contributed by atoms with Crippen molar-refractivity contribution in [3.05, 3.63) is 40.9 Å². The van der Waals surface area contributed by atoms with Gasteiger partial charge in [-0.05, 0) is 29.5 Å². The van der Waals surface area contributed by atoms with Crippen LogP contribution in [-0.4, -0.2) is 19.3 Å². The average Bonchev–Trinajstić information content (AvgIpc) is 2.34.